The van der Waals surface area contributed by atoms with Gasteiger partial charge in [0.2, 0.25) is 0 Å². The van der Waals surface area contributed by atoms with Gasteiger partial charge >= 0.3 is 20.6 Å². The van der Waals surface area contributed by atoms with Crippen LogP contribution >= 0.6 is 0 Å². The van der Waals surface area contributed by atoms with Crippen molar-refractivity contribution in [1.29, 1.82) is 0 Å². The molecule has 0 spiro atoms. The number of rotatable bonds is 8. The molecular weight excluding hydrogens is 272 g/mol. The average molecular weight is 290 g/mol. The smallest absolute Gasteiger partial charge is 0.258 e. The molecule has 0 radical (unpaired) electrons. The van der Waals surface area contributed by atoms with Crippen LogP contribution in [0, 0.1) is 5.41 Å². The highest BCUT2D eigenvalue weighted by Gasteiger charge is 2.28. The fourth-order valence-corrected chi connectivity index (χ4v) is 2.14. The van der Waals surface area contributed by atoms with E-state index >= 15 is 0 Å². The zero-order chi connectivity index (χ0) is 13.7. The van der Waals surface area contributed by atoms with Gasteiger partial charge in [-0.1, -0.05) is 20.3 Å². The zero-order valence-corrected chi connectivity index (χ0v) is 11.4. The molecule has 10 heteroatoms. The van der Waals surface area contributed by atoms with E-state index in [9.17, 15) is 16.8 Å². The van der Waals surface area contributed by atoms with Crippen molar-refractivity contribution in [2.24, 2.45) is 15.7 Å². The Bertz CT molecular complexity index is 393. The van der Waals surface area contributed by atoms with Crippen LogP contribution in [0.2, 0.25) is 0 Å². The van der Waals surface area contributed by atoms with Crippen LogP contribution in [-0.2, 0) is 29.0 Å². The fourth-order valence-electron chi connectivity index (χ4n) is 1.24. The number of hydrogen-bond donors (Lipinski definition) is 2. The second-order valence-electron chi connectivity index (χ2n) is 4.07. The lowest BCUT2D eigenvalue weighted by Crippen LogP contribution is -2.34. The highest BCUT2D eigenvalue weighted by molar-refractivity contribution is 7.84. The second-order valence-corrected chi connectivity index (χ2v) is 6.51. The molecule has 0 unspecified atom stereocenters. The second kappa shape index (κ2) is 6.07. The minimum Gasteiger partial charge on any atom is -0.258 e. The Hall–Kier alpha value is -0.260. The zero-order valence-electron chi connectivity index (χ0n) is 9.75. The van der Waals surface area contributed by atoms with E-state index in [2.05, 4.69) is 18.6 Å². The van der Waals surface area contributed by atoms with Gasteiger partial charge in [0.1, 0.15) is 0 Å². The van der Waals surface area contributed by atoms with E-state index in [1.807, 2.05) is 6.92 Å². The van der Waals surface area contributed by atoms with E-state index in [1.165, 1.54) is 0 Å². The summed E-state index contributed by atoms with van der Waals surface area (Å²) >= 11 is 0. The van der Waals surface area contributed by atoms with Gasteiger partial charge in [-0.3, -0.25) is 8.37 Å². The number of nitrogens with two attached hydrogens (primary N) is 2. The van der Waals surface area contributed by atoms with Crippen LogP contribution in [0.3, 0.4) is 0 Å². The summed E-state index contributed by atoms with van der Waals surface area (Å²) in [5.41, 5.74) is -0.798. The minimum absolute atomic E-state index is 0.269. The van der Waals surface area contributed by atoms with E-state index in [-0.39, 0.29) is 13.2 Å². The van der Waals surface area contributed by atoms with Gasteiger partial charge in [-0.15, -0.1) is 0 Å². The van der Waals surface area contributed by atoms with Gasteiger partial charge in [0.05, 0.1) is 13.2 Å². The Morgan fingerprint density at radius 1 is 1.00 bits per heavy atom. The maximum absolute atomic E-state index is 10.7. The highest BCUT2D eigenvalue weighted by atomic mass is 32.2. The van der Waals surface area contributed by atoms with Crippen molar-refractivity contribution in [3.8, 4) is 0 Å². The maximum Gasteiger partial charge on any atom is 0.333 e. The van der Waals surface area contributed by atoms with Gasteiger partial charge in [0, 0.05) is 5.41 Å². The van der Waals surface area contributed by atoms with Crippen molar-refractivity contribution in [2.45, 2.75) is 26.7 Å². The van der Waals surface area contributed by atoms with Crippen molar-refractivity contribution in [3.63, 3.8) is 0 Å². The largest absolute Gasteiger partial charge is 0.333 e. The molecule has 0 bridgehead atoms. The molecule has 0 aliphatic rings. The van der Waals surface area contributed by atoms with Crippen LogP contribution < -0.4 is 10.3 Å². The van der Waals surface area contributed by atoms with Gasteiger partial charge in [-0.05, 0) is 6.42 Å². The Kier molecular flexibility index (Phi) is 5.98. The van der Waals surface area contributed by atoms with Crippen LogP contribution in [0.4, 0.5) is 0 Å². The maximum atomic E-state index is 10.7. The lowest BCUT2D eigenvalue weighted by molar-refractivity contribution is 0.0920. The van der Waals surface area contributed by atoms with Crippen molar-refractivity contribution in [3.05, 3.63) is 0 Å². The fraction of sp³-hybridized carbons (Fsp3) is 1.00. The molecule has 0 saturated carbocycles. The predicted octanol–water partition coefficient (Wildman–Crippen LogP) is -0.767. The van der Waals surface area contributed by atoms with Crippen molar-refractivity contribution < 1.29 is 25.2 Å². The first-order valence-electron chi connectivity index (χ1n) is 4.82. The molecule has 0 aromatic heterocycles. The van der Waals surface area contributed by atoms with Crippen LogP contribution in [0.1, 0.15) is 26.7 Å². The van der Waals surface area contributed by atoms with Crippen molar-refractivity contribution in [2.75, 3.05) is 13.2 Å². The molecule has 0 rings (SSSR count). The molecule has 0 atom stereocenters. The molecule has 0 fully saturated rings. The lowest BCUT2D eigenvalue weighted by Gasteiger charge is -2.27. The molecule has 0 amide bonds. The first-order chi connectivity index (χ1) is 7.47. The van der Waals surface area contributed by atoms with E-state index in [1.54, 1.807) is 6.92 Å². The third kappa shape index (κ3) is 9.44. The third-order valence-electron chi connectivity index (χ3n) is 2.00. The summed E-state index contributed by atoms with van der Waals surface area (Å²) < 4.78 is 51.5. The minimum atomic E-state index is -4.07. The van der Waals surface area contributed by atoms with Crippen LogP contribution in [0.5, 0.6) is 0 Å². The monoisotopic (exact) mass is 290 g/mol. The Morgan fingerprint density at radius 3 is 1.59 bits per heavy atom. The molecule has 17 heavy (non-hydrogen) atoms. The van der Waals surface area contributed by atoms with E-state index in [0.29, 0.717) is 12.8 Å². The van der Waals surface area contributed by atoms with Crippen LogP contribution in [-0.4, -0.2) is 30.0 Å². The van der Waals surface area contributed by atoms with E-state index in [4.69, 9.17) is 0 Å². The van der Waals surface area contributed by atoms with Gasteiger partial charge < -0.3 is 0 Å². The first-order valence-corrected chi connectivity index (χ1v) is 7.76. The number of hydrogen-bond acceptors (Lipinski definition) is 6. The molecule has 0 aromatic rings. The summed E-state index contributed by atoms with van der Waals surface area (Å²) in [6.45, 7) is 2.93. The summed E-state index contributed by atoms with van der Waals surface area (Å²) in [6.07, 6.45) is 1.19. The highest BCUT2D eigenvalue weighted by Crippen LogP contribution is 2.25. The quantitative estimate of drug-likeness (QED) is 0.602. The van der Waals surface area contributed by atoms with Gasteiger partial charge in [-0.25, -0.2) is 10.3 Å². The molecule has 0 aliphatic heterocycles. The molecule has 8 nitrogen and oxygen atoms in total. The predicted molar refractivity (Wildman–Crippen MR) is 61.1 cm³/mol. The molecular formula is C7H18N2O6S2. The summed E-state index contributed by atoms with van der Waals surface area (Å²) in [4.78, 5) is 0. The summed E-state index contributed by atoms with van der Waals surface area (Å²) in [5, 5.41) is 9.37. The summed E-state index contributed by atoms with van der Waals surface area (Å²) in [7, 11) is -8.13. The van der Waals surface area contributed by atoms with Crippen LogP contribution in [0.15, 0.2) is 0 Å². The van der Waals surface area contributed by atoms with E-state index in [0.717, 1.165) is 0 Å². The summed E-state index contributed by atoms with van der Waals surface area (Å²) in [5.74, 6) is 0. The van der Waals surface area contributed by atoms with Gasteiger partial charge in [0.25, 0.3) is 0 Å². The Balaban J connectivity index is 4.56. The van der Waals surface area contributed by atoms with Crippen molar-refractivity contribution in [1.82, 2.24) is 0 Å². The normalized spacial score (nSPS) is 13.9. The Morgan fingerprint density at radius 2 is 1.35 bits per heavy atom. The Labute approximate surface area is 102 Å². The molecule has 0 aliphatic carbocycles. The summed E-state index contributed by atoms with van der Waals surface area (Å²) in [6, 6.07) is 0. The molecule has 104 valence electrons. The van der Waals surface area contributed by atoms with Crippen molar-refractivity contribution >= 4 is 20.6 Å². The first kappa shape index (κ1) is 16.7. The van der Waals surface area contributed by atoms with E-state index < -0.39 is 26.0 Å². The molecule has 4 N–H and O–H groups in total. The average Bonchev–Trinajstić information content (AvgIpc) is 2.11. The SMILES string of the molecule is CCCC(C)(COS(N)(=O)=O)COS(N)(=O)=O. The lowest BCUT2D eigenvalue weighted by atomic mass is 9.88. The van der Waals surface area contributed by atoms with Gasteiger partial charge in [0.15, 0.2) is 0 Å². The third-order valence-corrected chi connectivity index (χ3v) is 2.89. The molecule has 0 heterocycles. The standard InChI is InChI=1S/C7H18N2O6S2/c1-3-4-7(2,5-14-16(8,10)11)6-15-17(9,12)13/h3-6H2,1-2H3,(H2,8,10,11)(H2,9,12,13). The molecule has 0 aromatic carbocycles. The van der Waals surface area contributed by atoms with Crippen LogP contribution in [0.25, 0.3) is 0 Å². The topological polar surface area (TPSA) is 139 Å². The van der Waals surface area contributed by atoms with Gasteiger partial charge in [-0.2, -0.15) is 16.8 Å². The molecule has 0 saturated heterocycles.